The zero-order chi connectivity index (χ0) is 24.2. The first-order valence-electron chi connectivity index (χ1n) is 10.8. The Bertz CT molecular complexity index is 865. The molecule has 1 aliphatic rings. The van der Waals surface area contributed by atoms with Crippen LogP contribution in [0.4, 0.5) is 0 Å². The van der Waals surface area contributed by atoms with Gasteiger partial charge in [0, 0.05) is 10.4 Å². The first-order valence-corrected chi connectivity index (χ1v) is 11.2. The first-order chi connectivity index (χ1) is 15.6. The molecule has 0 aliphatic carbocycles. The minimum Gasteiger partial charge on any atom is -0.394 e. The first kappa shape index (κ1) is 26.0. The van der Waals surface area contributed by atoms with E-state index in [4.69, 9.17) is 21.1 Å². The van der Waals surface area contributed by atoms with Crippen molar-refractivity contribution in [2.24, 2.45) is 5.41 Å². The minimum absolute atomic E-state index is 0.0541. The van der Waals surface area contributed by atoms with Crippen molar-refractivity contribution in [1.82, 2.24) is 14.8 Å². The van der Waals surface area contributed by atoms with Gasteiger partial charge in [0.05, 0.1) is 25.4 Å². The molecule has 6 atom stereocenters. The summed E-state index contributed by atoms with van der Waals surface area (Å²) in [7, 11) is 0. The van der Waals surface area contributed by atoms with Gasteiger partial charge in [-0.2, -0.15) is 5.10 Å². The molecule has 0 amide bonds. The molecule has 2 aromatic rings. The molecule has 2 unspecified atom stereocenters. The zero-order valence-corrected chi connectivity index (χ0v) is 19.4. The van der Waals surface area contributed by atoms with Crippen molar-refractivity contribution in [3.05, 3.63) is 47.5 Å². The third kappa shape index (κ3) is 6.09. The monoisotopic (exact) mass is 485 g/mol. The van der Waals surface area contributed by atoms with E-state index in [2.05, 4.69) is 10.1 Å². The fourth-order valence-corrected chi connectivity index (χ4v) is 3.97. The molecule has 1 aliphatic heterocycles. The van der Waals surface area contributed by atoms with Crippen molar-refractivity contribution in [1.29, 1.82) is 0 Å². The topological polar surface area (TPSA) is 150 Å². The van der Waals surface area contributed by atoms with Gasteiger partial charge in [0.2, 0.25) is 0 Å². The van der Waals surface area contributed by atoms with Crippen LogP contribution in [0.15, 0.2) is 36.9 Å². The molecule has 0 saturated carbocycles. The summed E-state index contributed by atoms with van der Waals surface area (Å²) in [4.78, 5) is 3.95. The highest BCUT2D eigenvalue weighted by Crippen LogP contribution is 2.38. The summed E-state index contributed by atoms with van der Waals surface area (Å²) in [6, 6.07) is 7.38. The minimum atomic E-state index is -1.54. The molecule has 0 spiro atoms. The van der Waals surface area contributed by atoms with E-state index in [1.54, 1.807) is 12.1 Å². The highest BCUT2D eigenvalue weighted by atomic mass is 35.5. The van der Waals surface area contributed by atoms with Gasteiger partial charge in [0.15, 0.2) is 6.29 Å². The third-order valence-electron chi connectivity index (χ3n) is 6.35. The van der Waals surface area contributed by atoms with Crippen LogP contribution < -0.4 is 0 Å². The van der Waals surface area contributed by atoms with Crippen LogP contribution in [0.1, 0.15) is 25.8 Å². The van der Waals surface area contributed by atoms with E-state index in [1.807, 2.05) is 26.0 Å². The summed E-state index contributed by atoms with van der Waals surface area (Å²) in [5.74, 6) is 0. The number of aliphatic hydroxyl groups is 5. The summed E-state index contributed by atoms with van der Waals surface area (Å²) < 4.78 is 12.7. The molecule has 2 heterocycles. The molecule has 10 nitrogen and oxygen atoms in total. The van der Waals surface area contributed by atoms with Crippen molar-refractivity contribution in [3.8, 4) is 0 Å². The molecule has 1 aromatic heterocycles. The van der Waals surface area contributed by atoms with Gasteiger partial charge in [0.25, 0.3) is 0 Å². The van der Waals surface area contributed by atoms with E-state index in [0.29, 0.717) is 17.9 Å². The summed E-state index contributed by atoms with van der Waals surface area (Å²) in [5, 5.41) is 56.1. The Morgan fingerprint density at radius 2 is 1.82 bits per heavy atom. The molecule has 3 rings (SSSR count). The number of nitrogens with zero attached hydrogens (tertiary/aromatic N) is 3. The second kappa shape index (κ2) is 10.7. The highest BCUT2D eigenvalue weighted by Gasteiger charge is 2.48. The summed E-state index contributed by atoms with van der Waals surface area (Å²) in [5.41, 5.74) is -1.18. The Morgan fingerprint density at radius 1 is 1.12 bits per heavy atom. The SMILES string of the molecule is CC(C)(COC1O[C@H](CO)[C@@H](O)[C@H](O)[C@H]1O)C(O)(CCc1ccc(Cl)cc1)Cn1cncn1. The second-order valence-electron chi connectivity index (χ2n) is 9.14. The fourth-order valence-electron chi connectivity index (χ4n) is 3.85. The molecule has 33 heavy (non-hydrogen) atoms. The normalized spacial score (nSPS) is 27.9. The van der Waals surface area contributed by atoms with Crippen molar-refractivity contribution in [3.63, 3.8) is 0 Å². The number of hydrogen-bond donors (Lipinski definition) is 5. The van der Waals surface area contributed by atoms with Crippen LogP contribution in [-0.2, 0) is 22.4 Å². The van der Waals surface area contributed by atoms with Crippen LogP contribution in [0.25, 0.3) is 0 Å². The lowest BCUT2D eigenvalue weighted by Gasteiger charge is -2.45. The molecule has 1 fully saturated rings. The van der Waals surface area contributed by atoms with Crippen LogP contribution >= 0.6 is 11.6 Å². The van der Waals surface area contributed by atoms with Gasteiger partial charge in [0.1, 0.15) is 37.1 Å². The molecule has 1 aromatic carbocycles. The lowest BCUT2D eigenvalue weighted by Crippen LogP contribution is -2.60. The van der Waals surface area contributed by atoms with Crippen molar-refractivity contribution >= 4 is 11.6 Å². The molecular weight excluding hydrogens is 454 g/mol. The Kier molecular flexibility index (Phi) is 8.46. The average Bonchev–Trinajstić information content (AvgIpc) is 3.29. The summed E-state index contributed by atoms with van der Waals surface area (Å²) in [6.07, 6.45) is -3.06. The molecular formula is C22H32ClN3O7. The number of aryl methyl sites for hydroxylation is 1. The van der Waals surface area contributed by atoms with Gasteiger partial charge in [-0.25, -0.2) is 4.98 Å². The number of ether oxygens (including phenoxy) is 2. The molecule has 11 heteroatoms. The number of halogens is 1. The predicted octanol–water partition coefficient (Wildman–Crippen LogP) is 0.138. The second-order valence-corrected chi connectivity index (χ2v) is 9.58. The predicted molar refractivity (Wildman–Crippen MR) is 118 cm³/mol. The average molecular weight is 486 g/mol. The molecule has 1 saturated heterocycles. The van der Waals surface area contributed by atoms with E-state index in [-0.39, 0.29) is 13.2 Å². The van der Waals surface area contributed by atoms with Crippen LogP contribution in [0.5, 0.6) is 0 Å². The van der Waals surface area contributed by atoms with Gasteiger partial charge < -0.3 is 35.0 Å². The van der Waals surface area contributed by atoms with Gasteiger partial charge in [-0.1, -0.05) is 37.6 Å². The zero-order valence-electron chi connectivity index (χ0n) is 18.7. The molecule has 184 valence electrons. The van der Waals surface area contributed by atoms with Gasteiger partial charge in [-0.05, 0) is 30.5 Å². The van der Waals surface area contributed by atoms with Crippen LogP contribution in [0, 0.1) is 5.41 Å². The Balaban J connectivity index is 1.74. The van der Waals surface area contributed by atoms with E-state index in [0.717, 1.165) is 5.56 Å². The summed E-state index contributed by atoms with van der Waals surface area (Å²) in [6.45, 7) is 3.17. The van der Waals surface area contributed by atoms with Gasteiger partial charge in [-0.3, -0.25) is 4.68 Å². The van der Waals surface area contributed by atoms with Crippen LogP contribution in [0.2, 0.25) is 5.02 Å². The molecule has 0 bridgehead atoms. The maximum Gasteiger partial charge on any atom is 0.186 e. The smallest absolute Gasteiger partial charge is 0.186 e. The van der Waals surface area contributed by atoms with Crippen molar-refractivity contribution in [2.75, 3.05) is 13.2 Å². The number of benzene rings is 1. The fraction of sp³-hybridized carbons (Fsp3) is 0.636. The van der Waals surface area contributed by atoms with Crippen molar-refractivity contribution < 1.29 is 35.0 Å². The van der Waals surface area contributed by atoms with E-state index < -0.39 is 48.3 Å². The van der Waals surface area contributed by atoms with Crippen LogP contribution in [-0.4, -0.2) is 89.8 Å². The largest absolute Gasteiger partial charge is 0.394 e. The lowest BCUT2D eigenvalue weighted by atomic mass is 9.72. The highest BCUT2D eigenvalue weighted by molar-refractivity contribution is 6.30. The molecule has 5 N–H and O–H groups in total. The standard InChI is InChI=1S/C22H32ClN3O7/c1-21(2,11-32-20-19(30)18(29)17(28)16(9-27)33-20)22(31,10-26-13-24-12-25-26)8-7-14-3-5-15(23)6-4-14/h3-6,12-13,16-20,27-31H,7-11H2,1-2H3/t16-,17-,18+,19-,20?,22?/m1/s1. The van der Waals surface area contributed by atoms with Crippen molar-refractivity contribution in [2.45, 2.75) is 69.5 Å². The van der Waals surface area contributed by atoms with E-state index in [1.165, 1.54) is 17.3 Å². The number of aromatic nitrogens is 3. The number of rotatable bonds is 10. The Morgan fingerprint density at radius 3 is 2.42 bits per heavy atom. The maximum atomic E-state index is 11.8. The number of aliphatic hydroxyl groups excluding tert-OH is 4. The van der Waals surface area contributed by atoms with E-state index >= 15 is 0 Å². The Labute approximate surface area is 197 Å². The van der Waals surface area contributed by atoms with Crippen LogP contribution in [0.3, 0.4) is 0 Å². The molecule has 0 radical (unpaired) electrons. The van der Waals surface area contributed by atoms with Gasteiger partial charge in [-0.15, -0.1) is 0 Å². The lowest BCUT2D eigenvalue weighted by molar-refractivity contribution is -0.310. The third-order valence-corrected chi connectivity index (χ3v) is 6.60. The maximum absolute atomic E-state index is 11.8. The van der Waals surface area contributed by atoms with E-state index in [9.17, 15) is 25.5 Å². The van der Waals surface area contributed by atoms with Gasteiger partial charge >= 0.3 is 0 Å². The Hall–Kier alpha value is -1.63. The quantitative estimate of drug-likeness (QED) is 0.316. The summed E-state index contributed by atoms with van der Waals surface area (Å²) >= 11 is 5.97. The number of hydrogen-bond acceptors (Lipinski definition) is 9.